The van der Waals surface area contributed by atoms with Gasteiger partial charge in [0, 0.05) is 44.3 Å². The van der Waals surface area contributed by atoms with E-state index in [9.17, 15) is 9.59 Å². The number of urea groups is 1. The SMILES string of the molecule is Cc1ccc(C(=O)N2CCN(C(=O)Nc3ccncc3)CC2)o1. The average molecular weight is 314 g/mol. The van der Waals surface area contributed by atoms with Crippen LogP contribution in [0.15, 0.2) is 41.1 Å². The molecular formula is C16H18N4O3. The lowest BCUT2D eigenvalue weighted by molar-refractivity contribution is 0.0639. The van der Waals surface area contributed by atoms with Crippen LogP contribution in [0.1, 0.15) is 16.3 Å². The molecule has 3 amide bonds. The van der Waals surface area contributed by atoms with E-state index < -0.39 is 0 Å². The van der Waals surface area contributed by atoms with Gasteiger partial charge in [-0.2, -0.15) is 0 Å². The molecule has 0 unspecified atom stereocenters. The summed E-state index contributed by atoms with van der Waals surface area (Å²) in [5.41, 5.74) is 0.703. The molecule has 1 N–H and O–H groups in total. The average Bonchev–Trinajstić information content (AvgIpc) is 3.02. The number of hydrogen-bond acceptors (Lipinski definition) is 4. The molecule has 3 rings (SSSR count). The quantitative estimate of drug-likeness (QED) is 0.919. The summed E-state index contributed by atoms with van der Waals surface area (Å²) >= 11 is 0. The number of amides is 3. The second kappa shape index (κ2) is 6.51. The van der Waals surface area contributed by atoms with Gasteiger partial charge in [-0.3, -0.25) is 9.78 Å². The van der Waals surface area contributed by atoms with E-state index in [4.69, 9.17) is 4.42 Å². The van der Waals surface area contributed by atoms with Gasteiger partial charge < -0.3 is 19.5 Å². The van der Waals surface area contributed by atoms with Crippen molar-refractivity contribution in [3.05, 3.63) is 48.2 Å². The maximum Gasteiger partial charge on any atom is 0.321 e. The molecule has 1 aliphatic rings. The lowest BCUT2D eigenvalue weighted by Gasteiger charge is -2.34. The minimum Gasteiger partial charge on any atom is -0.456 e. The minimum absolute atomic E-state index is 0.132. The van der Waals surface area contributed by atoms with Crippen LogP contribution in [0, 0.1) is 6.92 Å². The normalized spacial score (nSPS) is 14.7. The first kappa shape index (κ1) is 15.1. The molecule has 7 heteroatoms. The van der Waals surface area contributed by atoms with Crippen LogP contribution in [0.2, 0.25) is 0 Å². The number of furan rings is 1. The Morgan fingerprint density at radius 2 is 1.70 bits per heavy atom. The zero-order valence-electron chi connectivity index (χ0n) is 12.9. The van der Waals surface area contributed by atoms with Gasteiger partial charge in [0.15, 0.2) is 5.76 Å². The van der Waals surface area contributed by atoms with Crippen molar-refractivity contribution in [1.29, 1.82) is 0 Å². The van der Waals surface area contributed by atoms with Crippen LogP contribution in [0.3, 0.4) is 0 Å². The summed E-state index contributed by atoms with van der Waals surface area (Å²) in [6.45, 7) is 3.76. The summed E-state index contributed by atoms with van der Waals surface area (Å²) in [7, 11) is 0. The summed E-state index contributed by atoms with van der Waals surface area (Å²) in [5, 5.41) is 2.82. The van der Waals surface area contributed by atoms with Crippen LogP contribution in [0.4, 0.5) is 10.5 Å². The Hall–Kier alpha value is -2.83. The molecule has 1 saturated heterocycles. The number of rotatable bonds is 2. The predicted octanol–water partition coefficient (Wildman–Crippen LogP) is 1.97. The molecular weight excluding hydrogens is 296 g/mol. The van der Waals surface area contributed by atoms with Gasteiger partial charge in [-0.15, -0.1) is 0 Å². The highest BCUT2D eigenvalue weighted by Gasteiger charge is 2.26. The maximum absolute atomic E-state index is 12.3. The van der Waals surface area contributed by atoms with Gasteiger partial charge >= 0.3 is 6.03 Å². The summed E-state index contributed by atoms with van der Waals surface area (Å²) in [4.78, 5) is 31.8. The number of pyridine rings is 1. The van der Waals surface area contributed by atoms with Gasteiger partial charge in [-0.25, -0.2) is 4.79 Å². The number of aryl methyl sites for hydroxylation is 1. The monoisotopic (exact) mass is 314 g/mol. The lowest BCUT2D eigenvalue weighted by atomic mass is 10.3. The number of carbonyl (C=O) groups is 2. The third-order valence-electron chi connectivity index (χ3n) is 3.74. The number of aromatic nitrogens is 1. The number of piperazine rings is 1. The first-order valence-corrected chi connectivity index (χ1v) is 7.45. The van der Waals surface area contributed by atoms with E-state index in [1.165, 1.54) is 0 Å². The van der Waals surface area contributed by atoms with Gasteiger partial charge in [-0.1, -0.05) is 0 Å². The Morgan fingerprint density at radius 3 is 2.30 bits per heavy atom. The zero-order valence-corrected chi connectivity index (χ0v) is 12.9. The molecule has 0 radical (unpaired) electrons. The summed E-state index contributed by atoms with van der Waals surface area (Å²) in [6, 6.07) is 6.75. The third kappa shape index (κ3) is 3.50. The van der Waals surface area contributed by atoms with E-state index in [2.05, 4.69) is 10.3 Å². The Balaban J connectivity index is 1.54. The van der Waals surface area contributed by atoms with Crippen LogP contribution in [-0.2, 0) is 0 Å². The number of nitrogens with one attached hydrogen (secondary N) is 1. The van der Waals surface area contributed by atoms with E-state index in [0.717, 1.165) is 0 Å². The van der Waals surface area contributed by atoms with Gasteiger partial charge in [0.2, 0.25) is 0 Å². The zero-order chi connectivity index (χ0) is 16.2. The molecule has 3 heterocycles. The van der Waals surface area contributed by atoms with E-state index in [-0.39, 0.29) is 11.9 Å². The van der Waals surface area contributed by atoms with E-state index in [1.807, 2.05) is 0 Å². The van der Waals surface area contributed by atoms with Crippen molar-refractivity contribution in [2.75, 3.05) is 31.5 Å². The third-order valence-corrected chi connectivity index (χ3v) is 3.74. The van der Waals surface area contributed by atoms with Gasteiger partial charge in [0.05, 0.1) is 0 Å². The molecule has 0 saturated carbocycles. The first-order valence-electron chi connectivity index (χ1n) is 7.45. The molecule has 1 fully saturated rings. The van der Waals surface area contributed by atoms with E-state index in [1.54, 1.807) is 53.4 Å². The van der Waals surface area contributed by atoms with Crippen LogP contribution in [-0.4, -0.2) is 52.9 Å². The molecule has 0 spiro atoms. The van der Waals surface area contributed by atoms with Crippen molar-refractivity contribution < 1.29 is 14.0 Å². The fraction of sp³-hybridized carbons (Fsp3) is 0.312. The number of anilines is 1. The maximum atomic E-state index is 12.3. The minimum atomic E-state index is -0.169. The van der Waals surface area contributed by atoms with Gasteiger partial charge in [-0.05, 0) is 31.2 Å². The van der Waals surface area contributed by atoms with E-state index >= 15 is 0 Å². The van der Waals surface area contributed by atoms with Crippen molar-refractivity contribution in [3.63, 3.8) is 0 Å². The topological polar surface area (TPSA) is 78.7 Å². The predicted molar refractivity (Wildman–Crippen MR) is 84.2 cm³/mol. The Kier molecular flexibility index (Phi) is 4.27. The second-order valence-electron chi connectivity index (χ2n) is 5.36. The van der Waals surface area contributed by atoms with Crippen LogP contribution in [0.5, 0.6) is 0 Å². The smallest absolute Gasteiger partial charge is 0.321 e. The Bertz CT molecular complexity index is 690. The largest absolute Gasteiger partial charge is 0.456 e. The standard InChI is InChI=1S/C16H18N4O3/c1-12-2-3-14(23-12)15(21)19-8-10-20(11-9-19)16(22)18-13-4-6-17-7-5-13/h2-7H,8-11H2,1H3,(H,17,18,22). The highest BCUT2D eigenvalue weighted by atomic mass is 16.3. The fourth-order valence-electron chi connectivity index (χ4n) is 2.46. The summed E-state index contributed by atoms with van der Waals surface area (Å²) in [6.07, 6.45) is 3.25. The molecule has 1 aliphatic heterocycles. The molecule has 7 nitrogen and oxygen atoms in total. The molecule has 2 aromatic rings. The van der Waals surface area contributed by atoms with Crippen molar-refractivity contribution in [1.82, 2.24) is 14.8 Å². The van der Waals surface area contributed by atoms with Crippen molar-refractivity contribution in [2.24, 2.45) is 0 Å². The van der Waals surface area contributed by atoms with Gasteiger partial charge in [0.1, 0.15) is 5.76 Å². The molecule has 23 heavy (non-hydrogen) atoms. The summed E-state index contributed by atoms with van der Waals surface area (Å²) in [5.74, 6) is 0.924. The first-order chi connectivity index (χ1) is 11.1. The highest BCUT2D eigenvalue weighted by Crippen LogP contribution is 2.13. The Labute approximate surface area is 133 Å². The molecule has 2 aromatic heterocycles. The van der Waals surface area contributed by atoms with Gasteiger partial charge in [0.25, 0.3) is 5.91 Å². The summed E-state index contributed by atoms with van der Waals surface area (Å²) < 4.78 is 5.36. The molecule has 0 aliphatic carbocycles. The van der Waals surface area contributed by atoms with E-state index in [0.29, 0.717) is 43.4 Å². The number of carbonyl (C=O) groups excluding carboxylic acids is 2. The van der Waals surface area contributed by atoms with Crippen molar-refractivity contribution in [2.45, 2.75) is 6.92 Å². The van der Waals surface area contributed by atoms with Crippen molar-refractivity contribution >= 4 is 17.6 Å². The lowest BCUT2D eigenvalue weighted by Crippen LogP contribution is -2.51. The van der Waals surface area contributed by atoms with Crippen LogP contribution < -0.4 is 5.32 Å². The fourth-order valence-corrected chi connectivity index (χ4v) is 2.46. The number of nitrogens with zero attached hydrogens (tertiary/aromatic N) is 3. The number of hydrogen-bond donors (Lipinski definition) is 1. The molecule has 0 aromatic carbocycles. The second-order valence-corrected chi connectivity index (χ2v) is 5.36. The van der Waals surface area contributed by atoms with Crippen LogP contribution in [0.25, 0.3) is 0 Å². The molecule has 0 bridgehead atoms. The highest BCUT2D eigenvalue weighted by molar-refractivity contribution is 5.92. The molecule has 120 valence electrons. The van der Waals surface area contributed by atoms with Crippen LogP contribution >= 0.6 is 0 Å². The Morgan fingerprint density at radius 1 is 1.04 bits per heavy atom. The molecule has 0 atom stereocenters. The van der Waals surface area contributed by atoms with Crippen molar-refractivity contribution in [3.8, 4) is 0 Å².